The smallest absolute Gasteiger partial charge is 0.251 e. The SMILES string of the molecule is CC1Oc2cc(F)ccc2[C@@H]1NC(=O)c1cccc(NC2(c3nc(-c4ccncc4)n[nH]3)CCNCC2)c1. The van der Waals surface area contributed by atoms with Gasteiger partial charge in [0.1, 0.15) is 17.7 Å². The number of fused-ring (bicyclic) bond motifs is 1. The number of nitrogens with zero attached hydrogens (tertiary/aromatic N) is 3. The predicted molar refractivity (Wildman–Crippen MR) is 140 cm³/mol. The van der Waals surface area contributed by atoms with Crippen LogP contribution in [0.1, 0.15) is 47.6 Å². The van der Waals surface area contributed by atoms with Crippen LogP contribution in [-0.2, 0) is 5.54 Å². The molecule has 4 heterocycles. The molecule has 0 bridgehead atoms. The molecule has 1 unspecified atom stereocenters. The summed E-state index contributed by atoms with van der Waals surface area (Å²) in [5, 5.41) is 17.7. The van der Waals surface area contributed by atoms with Crippen molar-refractivity contribution in [2.45, 2.75) is 37.5 Å². The number of amides is 1. The Hall–Kier alpha value is -4.31. The molecular weight excluding hydrogens is 485 g/mol. The molecule has 2 aromatic heterocycles. The number of nitrogens with one attached hydrogen (secondary N) is 4. The third kappa shape index (κ3) is 4.58. The van der Waals surface area contributed by atoms with Crippen LogP contribution in [0.4, 0.5) is 10.1 Å². The molecule has 0 spiro atoms. The lowest BCUT2D eigenvalue weighted by atomic mass is 9.87. The van der Waals surface area contributed by atoms with Crippen LogP contribution in [0.25, 0.3) is 11.4 Å². The van der Waals surface area contributed by atoms with E-state index in [0.717, 1.165) is 48.6 Å². The number of halogens is 1. The Balaban J connectivity index is 1.24. The molecule has 1 amide bonds. The van der Waals surface area contributed by atoms with Crippen LogP contribution in [0.15, 0.2) is 67.0 Å². The maximum atomic E-state index is 13.6. The minimum atomic E-state index is -0.477. The number of piperidine rings is 1. The van der Waals surface area contributed by atoms with Gasteiger partial charge in [-0.2, -0.15) is 5.10 Å². The summed E-state index contributed by atoms with van der Waals surface area (Å²) >= 11 is 0. The fourth-order valence-electron chi connectivity index (χ4n) is 5.20. The van der Waals surface area contributed by atoms with Crippen LogP contribution in [0.3, 0.4) is 0 Å². The molecule has 2 aromatic carbocycles. The maximum Gasteiger partial charge on any atom is 0.251 e. The summed E-state index contributed by atoms with van der Waals surface area (Å²) in [6.45, 7) is 3.50. The molecule has 0 aliphatic carbocycles. The molecule has 2 aliphatic heterocycles. The lowest BCUT2D eigenvalue weighted by Crippen LogP contribution is -2.46. The van der Waals surface area contributed by atoms with E-state index in [9.17, 15) is 9.18 Å². The van der Waals surface area contributed by atoms with E-state index in [0.29, 0.717) is 17.1 Å². The number of aromatic amines is 1. The monoisotopic (exact) mass is 513 g/mol. The lowest BCUT2D eigenvalue weighted by Gasteiger charge is -2.37. The van der Waals surface area contributed by atoms with Gasteiger partial charge >= 0.3 is 0 Å². The largest absolute Gasteiger partial charge is 0.488 e. The van der Waals surface area contributed by atoms with E-state index in [1.165, 1.54) is 12.1 Å². The van der Waals surface area contributed by atoms with Gasteiger partial charge in [-0.05, 0) is 69.3 Å². The van der Waals surface area contributed by atoms with E-state index in [-0.39, 0.29) is 23.9 Å². The van der Waals surface area contributed by atoms with Gasteiger partial charge in [-0.15, -0.1) is 0 Å². The zero-order valence-electron chi connectivity index (χ0n) is 20.9. The van der Waals surface area contributed by atoms with Gasteiger partial charge < -0.3 is 20.7 Å². The number of rotatable bonds is 6. The number of ether oxygens (including phenoxy) is 1. The first-order valence-corrected chi connectivity index (χ1v) is 12.7. The van der Waals surface area contributed by atoms with Gasteiger partial charge in [-0.25, -0.2) is 9.37 Å². The van der Waals surface area contributed by atoms with E-state index < -0.39 is 5.54 Å². The van der Waals surface area contributed by atoms with E-state index >= 15 is 0 Å². The molecule has 38 heavy (non-hydrogen) atoms. The first-order chi connectivity index (χ1) is 18.5. The van der Waals surface area contributed by atoms with Gasteiger partial charge in [-0.3, -0.25) is 14.9 Å². The van der Waals surface area contributed by atoms with Gasteiger partial charge in [0.25, 0.3) is 5.91 Å². The molecular formula is C28H28FN7O2. The fourth-order valence-corrected chi connectivity index (χ4v) is 5.20. The highest BCUT2D eigenvalue weighted by Crippen LogP contribution is 2.37. The summed E-state index contributed by atoms with van der Waals surface area (Å²) in [5.74, 6) is 1.23. The van der Waals surface area contributed by atoms with Crippen LogP contribution in [-0.4, -0.2) is 45.3 Å². The Kier molecular flexibility index (Phi) is 6.24. The van der Waals surface area contributed by atoms with Crippen LogP contribution in [0, 0.1) is 5.82 Å². The van der Waals surface area contributed by atoms with Crippen LogP contribution >= 0.6 is 0 Å². The van der Waals surface area contributed by atoms with Crippen molar-refractivity contribution in [3.05, 3.63) is 89.8 Å². The fraction of sp³-hybridized carbons (Fsp3) is 0.286. The van der Waals surface area contributed by atoms with Gasteiger partial charge in [0, 0.05) is 40.8 Å². The second kappa shape index (κ2) is 9.86. The number of hydrogen-bond donors (Lipinski definition) is 4. The average molecular weight is 514 g/mol. The summed E-state index contributed by atoms with van der Waals surface area (Å²) in [6, 6.07) is 15.2. The summed E-state index contributed by atoms with van der Waals surface area (Å²) in [4.78, 5) is 22.2. The molecule has 1 saturated heterocycles. The van der Waals surface area contributed by atoms with Gasteiger partial charge in [0.05, 0.1) is 11.6 Å². The van der Waals surface area contributed by atoms with Crippen molar-refractivity contribution in [3.63, 3.8) is 0 Å². The van der Waals surface area contributed by atoms with E-state index in [1.54, 1.807) is 24.5 Å². The van der Waals surface area contributed by atoms with Crippen LogP contribution < -0.4 is 20.7 Å². The summed E-state index contributed by atoms with van der Waals surface area (Å²) in [5.41, 5.74) is 2.50. The Bertz CT molecular complexity index is 1450. The van der Waals surface area contributed by atoms with Crippen LogP contribution in [0.2, 0.25) is 0 Å². The van der Waals surface area contributed by atoms with Gasteiger partial charge in [-0.1, -0.05) is 12.1 Å². The number of carbonyl (C=O) groups is 1. The first kappa shape index (κ1) is 24.1. The molecule has 4 aromatic rings. The predicted octanol–water partition coefficient (Wildman–Crippen LogP) is 3.95. The van der Waals surface area contributed by atoms with Crippen molar-refractivity contribution in [2.75, 3.05) is 18.4 Å². The molecule has 0 saturated carbocycles. The first-order valence-electron chi connectivity index (χ1n) is 12.7. The lowest BCUT2D eigenvalue weighted by molar-refractivity contribution is 0.0908. The number of pyridine rings is 1. The highest BCUT2D eigenvalue weighted by molar-refractivity contribution is 5.95. The van der Waals surface area contributed by atoms with Crippen molar-refractivity contribution < 1.29 is 13.9 Å². The van der Waals surface area contributed by atoms with Crippen molar-refractivity contribution >= 4 is 11.6 Å². The molecule has 2 atom stereocenters. The Labute approximate surface area is 219 Å². The maximum absolute atomic E-state index is 13.6. The zero-order valence-corrected chi connectivity index (χ0v) is 20.9. The molecule has 6 rings (SSSR count). The molecule has 9 nitrogen and oxygen atoms in total. The van der Waals surface area contributed by atoms with E-state index in [1.807, 2.05) is 37.3 Å². The van der Waals surface area contributed by atoms with Crippen molar-refractivity contribution in [3.8, 4) is 17.1 Å². The molecule has 4 N–H and O–H groups in total. The summed E-state index contributed by atoms with van der Waals surface area (Å²) < 4.78 is 19.4. The molecule has 10 heteroatoms. The molecule has 1 fully saturated rings. The Morgan fingerprint density at radius 3 is 2.74 bits per heavy atom. The van der Waals surface area contributed by atoms with Gasteiger partial charge in [0.15, 0.2) is 11.6 Å². The molecule has 2 aliphatic rings. The number of aromatic nitrogens is 4. The van der Waals surface area contributed by atoms with Crippen molar-refractivity contribution in [2.24, 2.45) is 0 Å². The Morgan fingerprint density at radius 2 is 1.92 bits per heavy atom. The second-order valence-corrected chi connectivity index (χ2v) is 9.74. The summed E-state index contributed by atoms with van der Waals surface area (Å²) in [6.07, 6.45) is 4.71. The normalized spacial score (nSPS) is 19.8. The Morgan fingerprint density at radius 1 is 1.11 bits per heavy atom. The minimum Gasteiger partial charge on any atom is -0.488 e. The highest BCUT2D eigenvalue weighted by Gasteiger charge is 2.38. The standard InChI is InChI=1S/C28H28FN7O2/c1-17-24(22-6-5-20(29)16-23(22)38-17)32-26(37)19-3-2-4-21(15-19)34-28(9-13-31-14-10-28)27-33-25(35-36-27)18-7-11-30-12-8-18/h2-8,11-12,15-17,24,31,34H,9-10,13-14H2,1H3,(H,32,37)(H,33,35,36)/t17?,24-/m1/s1. The van der Waals surface area contributed by atoms with Crippen LogP contribution in [0.5, 0.6) is 5.75 Å². The number of carbonyl (C=O) groups excluding carboxylic acids is 1. The average Bonchev–Trinajstić information content (AvgIpc) is 3.55. The molecule has 0 radical (unpaired) electrons. The topological polar surface area (TPSA) is 117 Å². The highest BCUT2D eigenvalue weighted by atomic mass is 19.1. The minimum absolute atomic E-state index is 0.231. The number of H-pyrrole nitrogens is 1. The van der Waals surface area contributed by atoms with E-state index in [2.05, 4.69) is 31.1 Å². The zero-order chi connectivity index (χ0) is 26.1. The van der Waals surface area contributed by atoms with Crippen molar-refractivity contribution in [1.82, 2.24) is 30.8 Å². The third-order valence-corrected chi connectivity index (χ3v) is 7.22. The van der Waals surface area contributed by atoms with Gasteiger partial charge in [0.2, 0.25) is 0 Å². The summed E-state index contributed by atoms with van der Waals surface area (Å²) in [7, 11) is 0. The number of anilines is 1. The molecule has 194 valence electrons. The number of hydrogen-bond acceptors (Lipinski definition) is 7. The van der Waals surface area contributed by atoms with Crippen molar-refractivity contribution in [1.29, 1.82) is 0 Å². The second-order valence-electron chi connectivity index (χ2n) is 9.74. The quantitative estimate of drug-likeness (QED) is 0.308. The number of benzene rings is 2. The van der Waals surface area contributed by atoms with E-state index in [4.69, 9.17) is 9.72 Å². The third-order valence-electron chi connectivity index (χ3n) is 7.22.